The molecule has 2 unspecified atom stereocenters. The first-order valence-electron chi connectivity index (χ1n) is 0. The van der Waals surface area contributed by atoms with Crippen LogP contribution >= 0.6 is 19.8 Å². The Morgan fingerprint density at radius 3 is 0.750 bits per heavy atom. The van der Waals surface area contributed by atoms with Gasteiger partial charge in [-0.3, -0.25) is 0 Å². The van der Waals surface area contributed by atoms with Crippen LogP contribution in [0.2, 0.25) is 0 Å². The molecule has 0 aliphatic carbocycles. The van der Waals surface area contributed by atoms with Crippen molar-refractivity contribution in [1.29, 1.82) is 0 Å². The molecule has 32 valence electrons. The van der Waals surface area contributed by atoms with Gasteiger partial charge in [0.05, 0.1) is 0 Å². The molecule has 0 spiro atoms. The van der Waals surface area contributed by atoms with Crippen LogP contribution in [0.5, 0.6) is 0 Å². The molecule has 0 aromatic rings. The van der Waals surface area contributed by atoms with E-state index in [1.54, 1.807) is 0 Å². The molecular formula is CH10P2Ru. The Labute approximate surface area is 47.1 Å². The van der Waals surface area contributed by atoms with Crippen LogP contribution in [0.1, 0.15) is 7.43 Å². The molecule has 0 heterocycles. The predicted octanol–water partition coefficient (Wildman–Crippen LogP) is 0.750. The van der Waals surface area contributed by atoms with Crippen LogP contribution in [-0.2, 0) is 19.5 Å². The van der Waals surface area contributed by atoms with Gasteiger partial charge in [0, 0.05) is 19.5 Å². The molecule has 0 aliphatic rings. The molecule has 3 heteroatoms. The van der Waals surface area contributed by atoms with E-state index in [-0.39, 0.29) is 46.7 Å². The maximum atomic E-state index is 0. The maximum absolute atomic E-state index is 0. The van der Waals surface area contributed by atoms with Gasteiger partial charge in [0.2, 0.25) is 0 Å². The topological polar surface area (TPSA) is 0 Å². The second kappa shape index (κ2) is 24.7. The first-order valence-corrected chi connectivity index (χ1v) is 0. The van der Waals surface area contributed by atoms with Crippen molar-refractivity contribution >= 4 is 19.8 Å². The number of hydrogen-bond donors (Lipinski definition) is 0. The average Bonchev–Trinajstić information content (AvgIpc) is 0. The van der Waals surface area contributed by atoms with Crippen molar-refractivity contribution < 1.29 is 19.5 Å². The van der Waals surface area contributed by atoms with Crippen molar-refractivity contribution in [2.24, 2.45) is 0 Å². The summed E-state index contributed by atoms with van der Waals surface area (Å²) in [4.78, 5) is 0. The summed E-state index contributed by atoms with van der Waals surface area (Å²) in [5.74, 6) is 0. The van der Waals surface area contributed by atoms with Gasteiger partial charge in [-0.25, -0.2) is 0 Å². The molecule has 0 aromatic carbocycles. The summed E-state index contributed by atoms with van der Waals surface area (Å²) in [6.07, 6.45) is 0. The summed E-state index contributed by atoms with van der Waals surface area (Å²) in [5.41, 5.74) is 0. The Morgan fingerprint density at radius 2 is 0.750 bits per heavy atom. The van der Waals surface area contributed by atoms with Gasteiger partial charge in [0.1, 0.15) is 0 Å². The van der Waals surface area contributed by atoms with Crippen LogP contribution in [0, 0.1) is 0 Å². The zero-order chi connectivity index (χ0) is 0. The largest absolute Gasteiger partial charge is 0.153 e. The molecule has 0 amide bonds. The zero-order valence-corrected chi connectivity index (χ0v) is 6.33. The molecule has 2 atom stereocenters. The Balaban J connectivity index is 0. The Bertz CT molecular complexity index is 6.00. The van der Waals surface area contributed by atoms with Crippen LogP contribution in [-0.4, -0.2) is 0 Å². The van der Waals surface area contributed by atoms with E-state index in [0.29, 0.717) is 0 Å². The standard InChI is InChI=1S/CH4.2H3P.Ru/h1H4;2*1H3;. The summed E-state index contributed by atoms with van der Waals surface area (Å²) in [6.45, 7) is 0. The van der Waals surface area contributed by atoms with E-state index in [2.05, 4.69) is 0 Å². The fourth-order valence-corrected chi connectivity index (χ4v) is 0. The Morgan fingerprint density at radius 1 is 0.750 bits per heavy atom. The van der Waals surface area contributed by atoms with Crippen molar-refractivity contribution in [3.05, 3.63) is 0 Å². The van der Waals surface area contributed by atoms with Crippen molar-refractivity contribution in [1.82, 2.24) is 0 Å². The first kappa shape index (κ1) is 50.1. The van der Waals surface area contributed by atoms with Crippen molar-refractivity contribution in [2.75, 3.05) is 0 Å². The normalized spacial score (nSPS) is 0. The molecule has 0 fully saturated rings. The fraction of sp³-hybridized carbons (Fsp3) is 1.00. The maximum Gasteiger partial charge on any atom is 0 e. The van der Waals surface area contributed by atoms with Crippen molar-refractivity contribution in [3.63, 3.8) is 0 Å². The minimum absolute atomic E-state index is 0. The van der Waals surface area contributed by atoms with Gasteiger partial charge >= 0.3 is 0 Å². The molecule has 0 radical (unpaired) electrons. The molecule has 0 rings (SSSR count). The molecule has 0 nitrogen and oxygen atoms in total. The van der Waals surface area contributed by atoms with Crippen LogP contribution in [0.15, 0.2) is 0 Å². The summed E-state index contributed by atoms with van der Waals surface area (Å²) in [5, 5.41) is 0. The quantitative estimate of drug-likeness (QED) is 0.386. The van der Waals surface area contributed by atoms with E-state index < -0.39 is 0 Å². The van der Waals surface area contributed by atoms with Gasteiger partial charge in [-0.2, -0.15) is 19.8 Å². The monoisotopic (exact) mass is 186 g/mol. The van der Waals surface area contributed by atoms with E-state index >= 15 is 0 Å². The van der Waals surface area contributed by atoms with Gasteiger partial charge in [0.25, 0.3) is 0 Å². The molecular weight excluding hydrogens is 175 g/mol. The summed E-state index contributed by atoms with van der Waals surface area (Å²) < 4.78 is 0. The Hall–Kier alpha value is 1.48. The van der Waals surface area contributed by atoms with E-state index in [0.717, 1.165) is 0 Å². The third-order valence-corrected chi connectivity index (χ3v) is 0. The van der Waals surface area contributed by atoms with Gasteiger partial charge in [-0.05, 0) is 0 Å². The smallest absolute Gasteiger partial charge is 0 e. The number of hydrogen-bond acceptors (Lipinski definition) is 0. The van der Waals surface area contributed by atoms with Gasteiger partial charge < -0.3 is 0 Å². The average molecular weight is 185 g/mol. The molecule has 0 saturated carbocycles. The second-order valence-electron chi connectivity index (χ2n) is 0. The van der Waals surface area contributed by atoms with E-state index in [1.165, 1.54) is 0 Å². The fourth-order valence-electron chi connectivity index (χ4n) is 0. The van der Waals surface area contributed by atoms with E-state index in [4.69, 9.17) is 0 Å². The minimum Gasteiger partial charge on any atom is -0.153 e. The molecule has 0 bridgehead atoms. The van der Waals surface area contributed by atoms with Crippen LogP contribution in [0.25, 0.3) is 0 Å². The first-order chi connectivity index (χ1) is 0. The van der Waals surface area contributed by atoms with Crippen molar-refractivity contribution in [2.45, 2.75) is 7.43 Å². The summed E-state index contributed by atoms with van der Waals surface area (Å²) in [7, 11) is 0. The third-order valence-electron chi connectivity index (χ3n) is 0. The van der Waals surface area contributed by atoms with Crippen LogP contribution in [0.3, 0.4) is 0 Å². The molecule has 0 aliphatic heterocycles. The van der Waals surface area contributed by atoms with Crippen molar-refractivity contribution in [3.8, 4) is 0 Å². The minimum atomic E-state index is 0. The van der Waals surface area contributed by atoms with Crippen LogP contribution in [0.4, 0.5) is 0 Å². The second-order valence-corrected chi connectivity index (χ2v) is 0. The van der Waals surface area contributed by atoms with E-state index in [9.17, 15) is 0 Å². The molecule has 0 aromatic heterocycles. The van der Waals surface area contributed by atoms with Crippen LogP contribution < -0.4 is 0 Å². The summed E-state index contributed by atoms with van der Waals surface area (Å²) >= 11 is 0. The SMILES string of the molecule is C.P.P.[Ru]. The predicted molar refractivity (Wildman–Crippen MR) is 28.9 cm³/mol. The van der Waals surface area contributed by atoms with Gasteiger partial charge in [0.15, 0.2) is 0 Å². The van der Waals surface area contributed by atoms with Gasteiger partial charge in [-0.1, -0.05) is 7.43 Å². The zero-order valence-electron chi connectivity index (χ0n) is 1.77. The molecule has 4 heavy (non-hydrogen) atoms. The number of rotatable bonds is 0. The van der Waals surface area contributed by atoms with Gasteiger partial charge in [-0.15, -0.1) is 0 Å². The van der Waals surface area contributed by atoms with E-state index in [1.807, 2.05) is 0 Å². The molecule has 0 N–H and O–H groups in total. The summed E-state index contributed by atoms with van der Waals surface area (Å²) in [6, 6.07) is 0. The Kier molecular flexibility index (Phi) is 310. The molecule has 0 saturated heterocycles. The third kappa shape index (κ3) is 9.76.